The lowest BCUT2D eigenvalue weighted by atomic mass is 9.80. The van der Waals surface area contributed by atoms with E-state index in [1.54, 1.807) is 0 Å². The SMILES string of the molecule is CN1C2CCCCCCC2C2CCCC21. The van der Waals surface area contributed by atoms with Crippen LogP contribution >= 0.6 is 0 Å². The molecule has 0 bridgehead atoms. The van der Waals surface area contributed by atoms with Gasteiger partial charge < -0.3 is 0 Å². The zero-order valence-corrected chi connectivity index (χ0v) is 10.1. The van der Waals surface area contributed by atoms with Crippen LogP contribution in [0, 0.1) is 11.8 Å². The van der Waals surface area contributed by atoms with Crippen molar-refractivity contribution < 1.29 is 0 Å². The van der Waals surface area contributed by atoms with Crippen molar-refractivity contribution in [1.29, 1.82) is 0 Å². The van der Waals surface area contributed by atoms with Gasteiger partial charge in [0.2, 0.25) is 0 Å². The van der Waals surface area contributed by atoms with E-state index in [-0.39, 0.29) is 0 Å². The molecule has 15 heavy (non-hydrogen) atoms. The quantitative estimate of drug-likeness (QED) is 0.588. The van der Waals surface area contributed by atoms with E-state index in [0.717, 1.165) is 23.9 Å². The normalized spacial score (nSPS) is 47.0. The molecule has 0 spiro atoms. The van der Waals surface area contributed by atoms with Crippen LogP contribution in [0.25, 0.3) is 0 Å². The average Bonchev–Trinajstić information content (AvgIpc) is 2.72. The van der Waals surface area contributed by atoms with Crippen molar-refractivity contribution in [2.24, 2.45) is 11.8 Å². The van der Waals surface area contributed by atoms with E-state index >= 15 is 0 Å². The molecule has 2 saturated carbocycles. The van der Waals surface area contributed by atoms with E-state index in [1.165, 1.54) is 57.8 Å². The van der Waals surface area contributed by atoms with Gasteiger partial charge >= 0.3 is 0 Å². The fourth-order valence-corrected chi connectivity index (χ4v) is 4.72. The molecule has 1 saturated heterocycles. The summed E-state index contributed by atoms with van der Waals surface area (Å²) in [5, 5.41) is 0. The predicted molar refractivity (Wildman–Crippen MR) is 63.9 cm³/mol. The van der Waals surface area contributed by atoms with E-state index in [1.807, 2.05) is 0 Å². The topological polar surface area (TPSA) is 3.24 Å². The highest BCUT2D eigenvalue weighted by molar-refractivity contribution is 5.01. The Labute approximate surface area is 94.2 Å². The van der Waals surface area contributed by atoms with E-state index < -0.39 is 0 Å². The van der Waals surface area contributed by atoms with Crippen LogP contribution in [-0.4, -0.2) is 24.0 Å². The Bertz CT molecular complexity index is 225. The maximum atomic E-state index is 2.77. The molecule has 0 amide bonds. The molecule has 1 nitrogen and oxygen atoms in total. The number of hydrogen-bond donors (Lipinski definition) is 0. The number of fused-ring (bicyclic) bond motifs is 3. The van der Waals surface area contributed by atoms with Gasteiger partial charge in [0.15, 0.2) is 0 Å². The zero-order chi connectivity index (χ0) is 10.3. The Hall–Kier alpha value is -0.0400. The number of likely N-dealkylation sites (tertiary alicyclic amines) is 1. The molecule has 4 atom stereocenters. The predicted octanol–water partition coefficient (Wildman–Crippen LogP) is 3.44. The lowest BCUT2D eigenvalue weighted by molar-refractivity contribution is 0.193. The van der Waals surface area contributed by atoms with Crippen molar-refractivity contribution in [2.45, 2.75) is 69.9 Å². The maximum Gasteiger partial charge on any atom is 0.0127 e. The molecule has 2 aliphatic carbocycles. The first kappa shape index (κ1) is 10.1. The minimum absolute atomic E-state index is 0.959. The summed E-state index contributed by atoms with van der Waals surface area (Å²) in [7, 11) is 2.41. The van der Waals surface area contributed by atoms with Crippen molar-refractivity contribution >= 4 is 0 Å². The number of rotatable bonds is 0. The summed E-state index contributed by atoms with van der Waals surface area (Å²) >= 11 is 0. The third-order valence-corrected chi connectivity index (χ3v) is 5.41. The molecule has 0 aromatic carbocycles. The second kappa shape index (κ2) is 4.08. The molecular formula is C14H25N. The van der Waals surface area contributed by atoms with Gasteiger partial charge in [0.05, 0.1) is 0 Å². The van der Waals surface area contributed by atoms with Gasteiger partial charge in [-0.05, 0) is 44.6 Å². The summed E-state index contributed by atoms with van der Waals surface area (Å²) in [4.78, 5) is 2.77. The summed E-state index contributed by atoms with van der Waals surface area (Å²) in [5.74, 6) is 2.15. The number of nitrogens with zero attached hydrogens (tertiary/aromatic N) is 1. The van der Waals surface area contributed by atoms with Crippen molar-refractivity contribution in [1.82, 2.24) is 4.90 Å². The first-order chi connectivity index (χ1) is 7.38. The molecule has 0 radical (unpaired) electrons. The van der Waals surface area contributed by atoms with E-state index in [4.69, 9.17) is 0 Å². The Kier molecular flexibility index (Phi) is 2.76. The smallest absolute Gasteiger partial charge is 0.0127 e. The van der Waals surface area contributed by atoms with Crippen LogP contribution in [0.4, 0.5) is 0 Å². The summed E-state index contributed by atoms with van der Waals surface area (Å²) in [6.45, 7) is 0. The molecular weight excluding hydrogens is 182 g/mol. The Morgan fingerprint density at radius 3 is 1.93 bits per heavy atom. The first-order valence-corrected chi connectivity index (χ1v) is 7.10. The van der Waals surface area contributed by atoms with Crippen molar-refractivity contribution in [2.75, 3.05) is 7.05 Å². The molecule has 86 valence electrons. The van der Waals surface area contributed by atoms with E-state index in [2.05, 4.69) is 11.9 Å². The first-order valence-electron chi connectivity index (χ1n) is 7.10. The molecule has 3 aliphatic rings. The van der Waals surface area contributed by atoms with Gasteiger partial charge in [-0.15, -0.1) is 0 Å². The fourth-order valence-electron chi connectivity index (χ4n) is 4.72. The Morgan fingerprint density at radius 1 is 0.667 bits per heavy atom. The highest BCUT2D eigenvalue weighted by Crippen LogP contribution is 2.48. The van der Waals surface area contributed by atoms with Crippen LogP contribution in [0.2, 0.25) is 0 Å². The van der Waals surface area contributed by atoms with Gasteiger partial charge in [0.1, 0.15) is 0 Å². The van der Waals surface area contributed by atoms with Gasteiger partial charge in [0.25, 0.3) is 0 Å². The minimum atomic E-state index is 0.959. The number of hydrogen-bond acceptors (Lipinski definition) is 1. The second-order valence-electron chi connectivity index (χ2n) is 6.05. The summed E-state index contributed by atoms with van der Waals surface area (Å²) < 4.78 is 0. The largest absolute Gasteiger partial charge is 0.300 e. The van der Waals surface area contributed by atoms with Crippen LogP contribution < -0.4 is 0 Å². The average molecular weight is 207 g/mol. The maximum absolute atomic E-state index is 2.77. The standard InChI is InChI=1S/C14H25N/c1-15-13-9-5-3-2-4-7-11(13)12-8-6-10-14(12)15/h11-14H,2-10H2,1H3. The molecule has 0 aromatic heterocycles. The third kappa shape index (κ3) is 1.63. The van der Waals surface area contributed by atoms with E-state index in [9.17, 15) is 0 Å². The van der Waals surface area contributed by atoms with Gasteiger partial charge in [-0.25, -0.2) is 0 Å². The second-order valence-corrected chi connectivity index (χ2v) is 6.05. The summed E-state index contributed by atoms with van der Waals surface area (Å²) in [6, 6.07) is 1.93. The fraction of sp³-hybridized carbons (Fsp3) is 1.00. The van der Waals surface area contributed by atoms with Crippen LogP contribution in [0.1, 0.15) is 57.8 Å². The van der Waals surface area contributed by atoms with Gasteiger partial charge in [-0.3, -0.25) is 4.90 Å². The molecule has 3 fully saturated rings. The molecule has 0 aromatic rings. The Balaban J connectivity index is 1.78. The molecule has 4 unspecified atom stereocenters. The zero-order valence-electron chi connectivity index (χ0n) is 10.1. The van der Waals surface area contributed by atoms with Crippen LogP contribution in [0.15, 0.2) is 0 Å². The van der Waals surface area contributed by atoms with Gasteiger partial charge in [0, 0.05) is 12.1 Å². The third-order valence-electron chi connectivity index (χ3n) is 5.41. The minimum Gasteiger partial charge on any atom is -0.300 e. The summed E-state index contributed by atoms with van der Waals surface area (Å²) in [6.07, 6.45) is 13.6. The molecule has 0 N–H and O–H groups in total. The summed E-state index contributed by atoms with van der Waals surface area (Å²) in [5.41, 5.74) is 0. The van der Waals surface area contributed by atoms with Crippen molar-refractivity contribution in [3.63, 3.8) is 0 Å². The lowest BCUT2D eigenvalue weighted by Crippen LogP contribution is -2.34. The lowest BCUT2D eigenvalue weighted by Gasteiger charge is -2.29. The molecule has 1 heterocycles. The molecule has 1 aliphatic heterocycles. The van der Waals surface area contributed by atoms with Gasteiger partial charge in [-0.2, -0.15) is 0 Å². The van der Waals surface area contributed by atoms with Gasteiger partial charge in [-0.1, -0.05) is 32.1 Å². The van der Waals surface area contributed by atoms with Crippen molar-refractivity contribution in [3.8, 4) is 0 Å². The van der Waals surface area contributed by atoms with E-state index in [0.29, 0.717) is 0 Å². The van der Waals surface area contributed by atoms with Crippen LogP contribution in [-0.2, 0) is 0 Å². The Morgan fingerprint density at radius 2 is 1.20 bits per heavy atom. The molecule has 1 heteroatoms. The highest BCUT2D eigenvalue weighted by Gasteiger charge is 2.47. The monoisotopic (exact) mass is 207 g/mol. The highest BCUT2D eigenvalue weighted by atomic mass is 15.2. The molecule has 3 rings (SSSR count). The van der Waals surface area contributed by atoms with Crippen molar-refractivity contribution in [3.05, 3.63) is 0 Å². The van der Waals surface area contributed by atoms with Crippen LogP contribution in [0.3, 0.4) is 0 Å². The van der Waals surface area contributed by atoms with Crippen LogP contribution in [0.5, 0.6) is 0 Å².